The number of carbonyl (C=O) groups is 1. The molecular weight excluding hydrogens is 406 g/mol. The van der Waals surface area contributed by atoms with Crippen LogP contribution in [0.5, 0.6) is 0 Å². The first-order valence-electron chi connectivity index (χ1n) is 10.7. The number of hydrogen-bond donors (Lipinski definition) is 1. The molecular formula is C24H25N5OS. The van der Waals surface area contributed by atoms with Crippen molar-refractivity contribution in [3.8, 4) is 0 Å². The summed E-state index contributed by atoms with van der Waals surface area (Å²) in [6.07, 6.45) is 3.68. The van der Waals surface area contributed by atoms with Gasteiger partial charge in [0.25, 0.3) is 0 Å². The van der Waals surface area contributed by atoms with Crippen LogP contribution in [0.25, 0.3) is 16.6 Å². The number of fused-ring (bicyclic) bond motifs is 3. The van der Waals surface area contributed by atoms with E-state index in [0.717, 1.165) is 51.7 Å². The van der Waals surface area contributed by atoms with Crippen molar-refractivity contribution in [3.63, 3.8) is 0 Å². The molecule has 1 aliphatic rings. The third-order valence-electron chi connectivity index (χ3n) is 5.74. The molecule has 0 saturated carbocycles. The fourth-order valence-corrected chi connectivity index (χ4v) is 5.00. The molecule has 0 atom stereocenters. The molecule has 0 radical (unpaired) electrons. The van der Waals surface area contributed by atoms with Crippen molar-refractivity contribution >= 4 is 45.6 Å². The zero-order valence-electron chi connectivity index (χ0n) is 17.5. The lowest BCUT2D eigenvalue weighted by atomic mass is 10.1. The minimum absolute atomic E-state index is 0.0387. The molecule has 0 spiro atoms. The quantitative estimate of drug-likeness (QED) is 0.455. The minimum Gasteiger partial charge on any atom is -0.370 e. The normalized spacial score (nSPS) is 14.3. The highest BCUT2D eigenvalue weighted by molar-refractivity contribution is 7.99. The largest absolute Gasteiger partial charge is 0.370 e. The molecule has 2 aromatic carbocycles. The van der Waals surface area contributed by atoms with Crippen molar-refractivity contribution in [2.75, 3.05) is 29.1 Å². The third kappa shape index (κ3) is 3.97. The van der Waals surface area contributed by atoms with Gasteiger partial charge in [0.2, 0.25) is 5.91 Å². The fraction of sp³-hybridized carbons (Fsp3) is 0.292. The molecule has 2 aromatic heterocycles. The van der Waals surface area contributed by atoms with E-state index < -0.39 is 0 Å². The highest BCUT2D eigenvalue weighted by atomic mass is 32.2. The first-order chi connectivity index (χ1) is 15.2. The van der Waals surface area contributed by atoms with Crippen LogP contribution in [0.2, 0.25) is 0 Å². The number of aryl methyl sites for hydroxylation is 1. The highest BCUT2D eigenvalue weighted by Gasteiger charge is 2.17. The Hall–Kier alpha value is -3.06. The molecule has 3 heterocycles. The molecule has 158 valence electrons. The number of para-hydroxylation sites is 3. The Kier molecular flexibility index (Phi) is 5.51. The second-order valence-corrected chi connectivity index (χ2v) is 8.87. The topological polar surface area (TPSA) is 62.5 Å². The summed E-state index contributed by atoms with van der Waals surface area (Å²) in [6.45, 7) is 4.12. The number of piperidine rings is 1. The van der Waals surface area contributed by atoms with Crippen molar-refractivity contribution in [2.24, 2.45) is 0 Å². The lowest BCUT2D eigenvalue weighted by Crippen LogP contribution is -2.30. The molecule has 1 aliphatic heterocycles. The van der Waals surface area contributed by atoms with E-state index in [-0.39, 0.29) is 11.7 Å². The lowest BCUT2D eigenvalue weighted by molar-refractivity contribution is -0.113. The van der Waals surface area contributed by atoms with Gasteiger partial charge in [-0.15, -0.1) is 10.2 Å². The van der Waals surface area contributed by atoms with Gasteiger partial charge in [-0.3, -0.25) is 9.20 Å². The molecule has 0 bridgehead atoms. The van der Waals surface area contributed by atoms with Gasteiger partial charge in [0, 0.05) is 13.1 Å². The number of amides is 1. The number of aromatic nitrogens is 3. The number of benzene rings is 2. The third-order valence-corrected chi connectivity index (χ3v) is 6.67. The zero-order chi connectivity index (χ0) is 21.2. The van der Waals surface area contributed by atoms with E-state index in [2.05, 4.69) is 44.7 Å². The number of nitrogens with zero attached hydrogens (tertiary/aromatic N) is 4. The van der Waals surface area contributed by atoms with E-state index in [1.165, 1.54) is 31.0 Å². The van der Waals surface area contributed by atoms with Crippen LogP contribution in [0.15, 0.2) is 59.8 Å². The first-order valence-corrected chi connectivity index (χ1v) is 11.7. The van der Waals surface area contributed by atoms with Crippen LogP contribution in [0.4, 0.5) is 11.4 Å². The lowest BCUT2D eigenvalue weighted by Gasteiger charge is -2.30. The van der Waals surface area contributed by atoms with Crippen LogP contribution < -0.4 is 10.2 Å². The predicted octanol–water partition coefficient (Wildman–Crippen LogP) is 4.91. The maximum absolute atomic E-state index is 12.8. The van der Waals surface area contributed by atoms with Crippen LogP contribution in [-0.2, 0) is 4.79 Å². The molecule has 1 saturated heterocycles. The van der Waals surface area contributed by atoms with Crippen LogP contribution in [-0.4, -0.2) is 39.3 Å². The molecule has 4 aromatic rings. The second kappa shape index (κ2) is 8.59. The Labute approximate surface area is 185 Å². The van der Waals surface area contributed by atoms with Gasteiger partial charge in [-0.1, -0.05) is 42.1 Å². The maximum atomic E-state index is 12.8. The van der Waals surface area contributed by atoms with E-state index in [1.54, 1.807) is 0 Å². The van der Waals surface area contributed by atoms with E-state index in [9.17, 15) is 4.79 Å². The number of nitrogens with one attached hydrogen (secondary N) is 1. The van der Waals surface area contributed by atoms with Gasteiger partial charge in [0.05, 0.1) is 22.6 Å². The SMILES string of the molecule is Cc1cc2ccccc2n2c(SCC(=O)Nc3ccccc3N3CCCCC3)nnc12. The van der Waals surface area contributed by atoms with Gasteiger partial charge in [0.15, 0.2) is 10.8 Å². The monoisotopic (exact) mass is 431 g/mol. The summed E-state index contributed by atoms with van der Waals surface area (Å²) in [4.78, 5) is 15.2. The number of hydrogen-bond acceptors (Lipinski definition) is 5. The van der Waals surface area contributed by atoms with Crippen LogP contribution in [0, 0.1) is 6.92 Å². The Morgan fingerprint density at radius 1 is 1.03 bits per heavy atom. The summed E-state index contributed by atoms with van der Waals surface area (Å²) in [5.74, 6) is 0.236. The number of anilines is 2. The molecule has 31 heavy (non-hydrogen) atoms. The van der Waals surface area contributed by atoms with Crippen molar-refractivity contribution < 1.29 is 4.79 Å². The molecule has 0 aliphatic carbocycles. The minimum atomic E-state index is -0.0387. The summed E-state index contributed by atoms with van der Waals surface area (Å²) < 4.78 is 2.05. The van der Waals surface area contributed by atoms with Crippen molar-refractivity contribution in [2.45, 2.75) is 31.3 Å². The first kappa shape index (κ1) is 19.9. The molecule has 1 N–H and O–H groups in total. The van der Waals surface area contributed by atoms with Gasteiger partial charge >= 0.3 is 0 Å². The molecule has 0 unspecified atom stereocenters. The van der Waals surface area contributed by atoms with Gasteiger partial charge in [-0.25, -0.2) is 0 Å². The van der Waals surface area contributed by atoms with Crippen molar-refractivity contribution in [1.29, 1.82) is 0 Å². The van der Waals surface area contributed by atoms with Crippen LogP contribution in [0.3, 0.4) is 0 Å². The molecule has 7 heteroatoms. The molecule has 6 nitrogen and oxygen atoms in total. The Bertz CT molecular complexity index is 1250. The van der Waals surface area contributed by atoms with E-state index in [0.29, 0.717) is 0 Å². The number of thioether (sulfide) groups is 1. The Balaban J connectivity index is 1.35. The van der Waals surface area contributed by atoms with Crippen LogP contribution >= 0.6 is 11.8 Å². The van der Waals surface area contributed by atoms with E-state index in [1.807, 2.05) is 41.7 Å². The smallest absolute Gasteiger partial charge is 0.234 e. The van der Waals surface area contributed by atoms with Gasteiger partial charge in [0.1, 0.15) is 0 Å². The Morgan fingerprint density at radius 2 is 1.81 bits per heavy atom. The highest BCUT2D eigenvalue weighted by Crippen LogP contribution is 2.29. The second-order valence-electron chi connectivity index (χ2n) is 7.93. The van der Waals surface area contributed by atoms with E-state index >= 15 is 0 Å². The zero-order valence-corrected chi connectivity index (χ0v) is 18.4. The standard InChI is InChI=1S/C24H25N5OS/c1-17-15-18-9-3-5-11-20(18)29-23(17)26-27-24(29)31-16-22(30)25-19-10-4-6-12-21(19)28-13-7-2-8-14-28/h3-6,9-12,15H,2,7-8,13-14,16H2,1H3,(H,25,30). The predicted molar refractivity (Wildman–Crippen MR) is 127 cm³/mol. The molecule has 1 amide bonds. The summed E-state index contributed by atoms with van der Waals surface area (Å²) in [7, 11) is 0. The summed E-state index contributed by atoms with van der Waals surface area (Å²) in [6, 6.07) is 18.4. The van der Waals surface area contributed by atoms with Crippen molar-refractivity contribution in [1.82, 2.24) is 14.6 Å². The van der Waals surface area contributed by atoms with Gasteiger partial charge in [-0.05, 0) is 61.4 Å². The summed E-state index contributed by atoms with van der Waals surface area (Å²) in [5, 5.41) is 13.7. The molecule has 1 fully saturated rings. The van der Waals surface area contributed by atoms with Gasteiger partial charge in [-0.2, -0.15) is 0 Å². The summed E-state index contributed by atoms with van der Waals surface area (Å²) in [5.41, 5.74) is 4.93. The maximum Gasteiger partial charge on any atom is 0.234 e. The van der Waals surface area contributed by atoms with Gasteiger partial charge < -0.3 is 10.2 Å². The number of pyridine rings is 1. The summed E-state index contributed by atoms with van der Waals surface area (Å²) >= 11 is 1.41. The average molecular weight is 432 g/mol. The fourth-order valence-electron chi connectivity index (χ4n) is 4.25. The average Bonchev–Trinajstić information content (AvgIpc) is 3.24. The van der Waals surface area contributed by atoms with Crippen molar-refractivity contribution in [3.05, 3.63) is 60.2 Å². The molecule has 5 rings (SSSR count). The van der Waals surface area contributed by atoms with Crippen LogP contribution in [0.1, 0.15) is 24.8 Å². The Morgan fingerprint density at radius 3 is 2.68 bits per heavy atom. The number of carbonyl (C=O) groups excluding carboxylic acids is 1. The van der Waals surface area contributed by atoms with E-state index in [4.69, 9.17) is 0 Å². The number of rotatable bonds is 5.